The van der Waals surface area contributed by atoms with E-state index in [9.17, 15) is 18.0 Å². The molecule has 0 fully saturated rings. The summed E-state index contributed by atoms with van der Waals surface area (Å²) in [6.07, 6.45) is 3.28. The van der Waals surface area contributed by atoms with Gasteiger partial charge in [0.1, 0.15) is 29.0 Å². The number of anilines is 2. The Bertz CT molecular complexity index is 931. The summed E-state index contributed by atoms with van der Waals surface area (Å²) in [6.45, 7) is 0.548. The summed E-state index contributed by atoms with van der Waals surface area (Å²) < 4.78 is 39.3. The van der Waals surface area contributed by atoms with Crippen molar-refractivity contribution in [1.29, 1.82) is 0 Å². The van der Waals surface area contributed by atoms with Gasteiger partial charge >= 0.3 is 0 Å². The topological polar surface area (TPSA) is 66.9 Å². The van der Waals surface area contributed by atoms with Crippen molar-refractivity contribution in [2.24, 2.45) is 0 Å². The lowest BCUT2D eigenvalue weighted by Crippen LogP contribution is -2.15. The minimum atomic E-state index is -0.879. The number of rotatable bonds is 6. The standard InChI is InChI=1S/C19H15F3N4O/c20-13-3-1-12(2-4-13)7-8-23-18-11-24-17(10-25-18)19(27)26-16-6-5-14(21)9-15(16)22/h1-6,9-11H,7-8H2,(H,23,25)(H,26,27). The fourth-order valence-electron chi connectivity index (χ4n) is 2.30. The molecule has 8 heteroatoms. The molecule has 3 aromatic rings. The van der Waals surface area contributed by atoms with Crippen LogP contribution in [0, 0.1) is 17.5 Å². The van der Waals surface area contributed by atoms with Gasteiger partial charge in [0.2, 0.25) is 0 Å². The van der Waals surface area contributed by atoms with E-state index >= 15 is 0 Å². The molecule has 2 N–H and O–H groups in total. The van der Waals surface area contributed by atoms with Gasteiger partial charge in [0, 0.05) is 12.6 Å². The number of aromatic nitrogens is 2. The Balaban J connectivity index is 1.54. The maximum absolute atomic E-state index is 13.6. The Labute approximate surface area is 153 Å². The molecule has 1 aromatic heterocycles. The molecule has 0 radical (unpaired) electrons. The van der Waals surface area contributed by atoms with Crippen LogP contribution in [0.15, 0.2) is 54.9 Å². The van der Waals surface area contributed by atoms with E-state index in [1.54, 1.807) is 12.1 Å². The van der Waals surface area contributed by atoms with Gasteiger partial charge in [-0.25, -0.2) is 23.1 Å². The summed E-state index contributed by atoms with van der Waals surface area (Å²) in [5.41, 5.74) is 0.807. The zero-order chi connectivity index (χ0) is 19.2. The Hall–Kier alpha value is -3.42. The number of benzene rings is 2. The Morgan fingerprint density at radius 1 is 0.926 bits per heavy atom. The van der Waals surface area contributed by atoms with Crippen molar-refractivity contribution in [1.82, 2.24) is 9.97 Å². The van der Waals surface area contributed by atoms with Gasteiger partial charge < -0.3 is 10.6 Å². The van der Waals surface area contributed by atoms with Gasteiger partial charge in [-0.1, -0.05) is 12.1 Å². The van der Waals surface area contributed by atoms with Crippen molar-refractivity contribution >= 4 is 17.4 Å². The van der Waals surface area contributed by atoms with Crippen LogP contribution >= 0.6 is 0 Å². The molecule has 27 heavy (non-hydrogen) atoms. The van der Waals surface area contributed by atoms with E-state index in [1.165, 1.54) is 24.5 Å². The largest absolute Gasteiger partial charge is 0.368 e. The predicted octanol–water partition coefficient (Wildman–Crippen LogP) is 3.80. The first-order chi connectivity index (χ1) is 13.0. The lowest BCUT2D eigenvalue weighted by molar-refractivity contribution is 0.102. The highest BCUT2D eigenvalue weighted by Crippen LogP contribution is 2.15. The molecule has 3 rings (SSSR count). The molecule has 0 bridgehead atoms. The van der Waals surface area contributed by atoms with E-state index in [-0.39, 0.29) is 17.2 Å². The van der Waals surface area contributed by atoms with Gasteiger partial charge in [-0.3, -0.25) is 4.79 Å². The first-order valence-corrected chi connectivity index (χ1v) is 8.08. The molecule has 0 aliphatic carbocycles. The molecule has 0 unspecified atom stereocenters. The summed E-state index contributed by atoms with van der Waals surface area (Å²) in [7, 11) is 0. The second-order valence-corrected chi connectivity index (χ2v) is 5.67. The van der Waals surface area contributed by atoms with Gasteiger partial charge in [0.25, 0.3) is 5.91 Å². The lowest BCUT2D eigenvalue weighted by atomic mass is 10.1. The molecule has 5 nitrogen and oxygen atoms in total. The van der Waals surface area contributed by atoms with Crippen molar-refractivity contribution in [3.63, 3.8) is 0 Å². The first kappa shape index (κ1) is 18.4. The maximum atomic E-state index is 13.6. The number of hydrogen-bond donors (Lipinski definition) is 2. The third-order valence-electron chi connectivity index (χ3n) is 3.70. The fourth-order valence-corrected chi connectivity index (χ4v) is 2.30. The molecule has 2 aromatic carbocycles. The van der Waals surface area contributed by atoms with Crippen LogP contribution in [-0.4, -0.2) is 22.4 Å². The predicted molar refractivity (Wildman–Crippen MR) is 94.9 cm³/mol. The molecule has 0 saturated heterocycles. The highest BCUT2D eigenvalue weighted by Gasteiger charge is 2.12. The molecule has 0 aliphatic rings. The summed E-state index contributed by atoms with van der Waals surface area (Å²) in [4.78, 5) is 20.1. The summed E-state index contributed by atoms with van der Waals surface area (Å²) >= 11 is 0. The Kier molecular flexibility index (Phi) is 5.65. The number of carbonyl (C=O) groups excluding carboxylic acids is 1. The van der Waals surface area contributed by atoms with Crippen LogP contribution in [0.25, 0.3) is 0 Å². The van der Waals surface area contributed by atoms with Crippen LogP contribution in [0.5, 0.6) is 0 Å². The van der Waals surface area contributed by atoms with E-state index < -0.39 is 17.5 Å². The second-order valence-electron chi connectivity index (χ2n) is 5.67. The normalized spacial score (nSPS) is 10.5. The van der Waals surface area contributed by atoms with E-state index in [1.807, 2.05) is 0 Å². The Morgan fingerprint density at radius 2 is 1.67 bits per heavy atom. The third kappa shape index (κ3) is 5.04. The van der Waals surface area contributed by atoms with E-state index in [0.29, 0.717) is 24.8 Å². The zero-order valence-electron chi connectivity index (χ0n) is 14.0. The highest BCUT2D eigenvalue weighted by molar-refractivity contribution is 6.02. The number of amides is 1. The Morgan fingerprint density at radius 3 is 2.33 bits per heavy atom. The van der Waals surface area contributed by atoms with Gasteiger partial charge in [-0.05, 0) is 36.2 Å². The first-order valence-electron chi connectivity index (χ1n) is 8.08. The van der Waals surface area contributed by atoms with Crippen LogP contribution in [0.1, 0.15) is 16.1 Å². The molecule has 1 heterocycles. The summed E-state index contributed by atoms with van der Waals surface area (Å²) in [5, 5.41) is 5.35. The minimum Gasteiger partial charge on any atom is -0.368 e. The SMILES string of the molecule is O=C(Nc1ccc(F)cc1F)c1cnc(NCCc2ccc(F)cc2)cn1. The lowest BCUT2D eigenvalue weighted by Gasteiger charge is -2.08. The van der Waals surface area contributed by atoms with Crippen LogP contribution in [-0.2, 0) is 6.42 Å². The van der Waals surface area contributed by atoms with Gasteiger partial charge in [-0.15, -0.1) is 0 Å². The highest BCUT2D eigenvalue weighted by atomic mass is 19.1. The molecule has 0 saturated carbocycles. The van der Waals surface area contributed by atoms with E-state index in [4.69, 9.17) is 0 Å². The molecule has 0 atom stereocenters. The van der Waals surface area contributed by atoms with Crippen molar-refractivity contribution in [3.8, 4) is 0 Å². The second kappa shape index (κ2) is 8.31. The van der Waals surface area contributed by atoms with Gasteiger partial charge in [-0.2, -0.15) is 0 Å². The number of nitrogens with zero attached hydrogens (tertiary/aromatic N) is 2. The maximum Gasteiger partial charge on any atom is 0.275 e. The number of carbonyl (C=O) groups is 1. The third-order valence-corrected chi connectivity index (χ3v) is 3.70. The number of halogens is 3. The van der Waals surface area contributed by atoms with E-state index in [0.717, 1.165) is 17.7 Å². The van der Waals surface area contributed by atoms with Crippen LogP contribution in [0.2, 0.25) is 0 Å². The molecule has 138 valence electrons. The van der Waals surface area contributed by atoms with Crippen molar-refractivity contribution in [2.45, 2.75) is 6.42 Å². The number of hydrogen-bond acceptors (Lipinski definition) is 4. The molecule has 0 spiro atoms. The quantitative estimate of drug-likeness (QED) is 0.691. The van der Waals surface area contributed by atoms with E-state index in [2.05, 4.69) is 20.6 Å². The molecule has 0 aliphatic heterocycles. The van der Waals surface area contributed by atoms with Gasteiger partial charge in [0.15, 0.2) is 0 Å². The number of nitrogens with one attached hydrogen (secondary N) is 2. The molecule has 1 amide bonds. The van der Waals surface area contributed by atoms with Crippen LogP contribution < -0.4 is 10.6 Å². The van der Waals surface area contributed by atoms with Gasteiger partial charge in [0.05, 0.1) is 18.1 Å². The fraction of sp³-hybridized carbons (Fsp3) is 0.105. The minimum absolute atomic E-state index is 0.0113. The van der Waals surface area contributed by atoms with Crippen molar-refractivity contribution < 1.29 is 18.0 Å². The molecular weight excluding hydrogens is 357 g/mol. The average molecular weight is 372 g/mol. The molecular formula is C19H15F3N4O. The summed E-state index contributed by atoms with van der Waals surface area (Å²) in [5.74, 6) is -2.10. The average Bonchev–Trinajstić information content (AvgIpc) is 2.66. The van der Waals surface area contributed by atoms with Crippen molar-refractivity contribution in [3.05, 3.63) is 83.6 Å². The van der Waals surface area contributed by atoms with Crippen LogP contribution in [0.3, 0.4) is 0 Å². The smallest absolute Gasteiger partial charge is 0.275 e. The van der Waals surface area contributed by atoms with Crippen molar-refractivity contribution in [2.75, 3.05) is 17.2 Å². The summed E-state index contributed by atoms with van der Waals surface area (Å²) in [6, 6.07) is 9.03. The van der Waals surface area contributed by atoms with Crippen LogP contribution in [0.4, 0.5) is 24.7 Å². The monoisotopic (exact) mass is 372 g/mol. The zero-order valence-corrected chi connectivity index (χ0v) is 14.0.